The van der Waals surface area contributed by atoms with Gasteiger partial charge in [-0.1, -0.05) is 11.3 Å². The van der Waals surface area contributed by atoms with Gasteiger partial charge >= 0.3 is 6.03 Å². The van der Waals surface area contributed by atoms with E-state index in [4.69, 9.17) is 9.40 Å². The molecule has 1 saturated heterocycles. The molecule has 1 aliphatic rings. The van der Waals surface area contributed by atoms with Crippen molar-refractivity contribution in [2.75, 3.05) is 50.5 Å². The number of thiophene rings is 1. The number of hydrogen-bond acceptors (Lipinski definition) is 8. The van der Waals surface area contributed by atoms with Crippen LogP contribution in [0.25, 0.3) is 20.6 Å². The van der Waals surface area contributed by atoms with E-state index in [9.17, 15) is 9.59 Å². The number of amides is 3. The van der Waals surface area contributed by atoms with Gasteiger partial charge in [-0.3, -0.25) is 4.79 Å². The Kier molecular flexibility index (Phi) is 5.22. The second-order valence-electron chi connectivity index (χ2n) is 7.80. The highest BCUT2D eigenvalue weighted by Gasteiger charge is 2.24. The van der Waals surface area contributed by atoms with Gasteiger partial charge in [0.25, 0.3) is 5.91 Å². The highest BCUT2D eigenvalue weighted by atomic mass is 32.1. The number of carbonyl (C=O) groups excluding carboxylic acids is 2. The minimum Gasteiger partial charge on any atom is -0.441 e. The van der Waals surface area contributed by atoms with Crippen molar-refractivity contribution in [2.45, 2.75) is 6.92 Å². The Morgan fingerprint density at radius 1 is 1.09 bits per heavy atom. The van der Waals surface area contributed by atoms with E-state index in [1.807, 2.05) is 11.0 Å². The number of thiazole rings is 1. The molecule has 0 saturated carbocycles. The number of carbonyl (C=O) groups is 2. The van der Waals surface area contributed by atoms with E-state index in [0.29, 0.717) is 40.6 Å². The molecule has 4 aromatic rings. The molecule has 5 rings (SSSR count). The first-order valence-electron chi connectivity index (χ1n) is 10.2. The molecule has 1 fully saturated rings. The normalized spacial score (nSPS) is 14.3. The SMILES string of the molecule is Cc1nc2cc(NC(=O)c3cc4sc(N5CCN(C(=O)N(C)C)CC5)nc4s3)ccc2o1. The Labute approximate surface area is 192 Å². The summed E-state index contributed by atoms with van der Waals surface area (Å²) in [5.41, 5.74) is 2.08. The molecule has 0 bridgehead atoms. The van der Waals surface area contributed by atoms with Crippen molar-refractivity contribution < 1.29 is 14.0 Å². The van der Waals surface area contributed by atoms with E-state index < -0.39 is 0 Å². The Bertz CT molecular complexity index is 1280. The van der Waals surface area contributed by atoms with Crippen LogP contribution in [-0.2, 0) is 0 Å². The number of aromatic nitrogens is 2. The summed E-state index contributed by atoms with van der Waals surface area (Å²) in [6, 6.07) is 7.34. The number of nitrogens with one attached hydrogen (secondary N) is 1. The van der Waals surface area contributed by atoms with Gasteiger partial charge in [-0.2, -0.15) is 0 Å². The summed E-state index contributed by atoms with van der Waals surface area (Å²) in [6.45, 7) is 4.64. The molecule has 1 N–H and O–H groups in total. The zero-order valence-corrected chi connectivity index (χ0v) is 19.5. The van der Waals surface area contributed by atoms with Crippen LogP contribution in [0.3, 0.4) is 0 Å². The van der Waals surface area contributed by atoms with Gasteiger partial charge in [-0.15, -0.1) is 11.3 Å². The number of rotatable bonds is 3. The molecule has 0 radical (unpaired) electrons. The fraction of sp³-hybridized carbons (Fsp3) is 0.333. The van der Waals surface area contributed by atoms with Crippen LogP contribution in [-0.4, -0.2) is 72.0 Å². The zero-order valence-electron chi connectivity index (χ0n) is 17.9. The smallest absolute Gasteiger partial charge is 0.319 e. The molecule has 9 nitrogen and oxygen atoms in total. The average molecular weight is 471 g/mol. The summed E-state index contributed by atoms with van der Waals surface area (Å²) in [6.07, 6.45) is 0. The van der Waals surface area contributed by atoms with Crippen LogP contribution in [0.15, 0.2) is 28.7 Å². The second-order valence-corrected chi connectivity index (χ2v) is 9.84. The summed E-state index contributed by atoms with van der Waals surface area (Å²) in [4.78, 5) is 41.0. The van der Waals surface area contributed by atoms with Gasteiger partial charge in [0.2, 0.25) is 0 Å². The van der Waals surface area contributed by atoms with Crippen LogP contribution >= 0.6 is 22.7 Å². The lowest BCUT2D eigenvalue weighted by Crippen LogP contribution is -2.51. The minimum atomic E-state index is -0.169. The van der Waals surface area contributed by atoms with E-state index in [2.05, 4.69) is 15.2 Å². The van der Waals surface area contributed by atoms with Crippen molar-refractivity contribution in [2.24, 2.45) is 0 Å². The lowest BCUT2D eigenvalue weighted by molar-refractivity contribution is 0.103. The third-order valence-electron chi connectivity index (χ3n) is 5.26. The summed E-state index contributed by atoms with van der Waals surface area (Å²) in [5, 5.41) is 3.86. The monoisotopic (exact) mass is 470 g/mol. The number of hydrogen-bond donors (Lipinski definition) is 1. The van der Waals surface area contributed by atoms with Gasteiger partial charge in [-0.05, 0) is 24.3 Å². The Balaban J connectivity index is 1.26. The molecule has 4 heterocycles. The highest BCUT2D eigenvalue weighted by molar-refractivity contribution is 7.29. The molecule has 166 valence electrons. The molecule has 0 spiro atoms. The third kappa shape index (κ3) is 3.89. The number of fused-ring (bicyclic) bond motifs is 2. The molecule has 1 aliphatic heterocycles. The maximum atomic E-state index is 12.7. The molecule has 0 aliphatic carbocycles. The van der Waals surface area contributed by atoms with Gasteiger partial charge in [0.15, 0.2) is 16.6 Å². The summed E-state index contributed by atoms with van der Waals surface area (Å²) in [7, 11) is 3.54. The fourth-order valence-electron chi connectivity index (χ4n) is 3.66. The van der Waals surface area contributed by atoms with Crippen LogP contribution in [0, 0.1) is 6.92 Å². The van der Waals surface area contributed by atoms with Gasteiger partial charge in [-0.25, -0.2) is 14.8 Å². The van der Waals surface area contributed by atoms with E-state index >= 15 is 0 Å². The maximum Gasteiger partial charge on any atom is 0.319 e. The van der Waals surface area contributed by atoms with Gasteiger partial charge in [0.05, 0.1) is 9.58 Å². The lowest BCUT2D eigenvalue weighted by Gasteiger charge is -2.35. The average Bonchev–Trinajstić information content (AvgIpc) is 3.45. The van der Waals surface area contributed by atoms with Crippen molar-refractivity contribution in [1.82, 2.24) is 19.8 Å². The van der Waals surface area contributed by atoms with E-state index in [-0.39, 0.29) is 11.9 Å². The van der Waals surface area contributed by atoms with Crippen molar-refractivity contribution in [3.63, 3.8) is 0 Å². The lowest BCUT2D eigenvalue weighted by atomic mass is 10.3. The summed E-state index contributed by atoms with van der Waals surface area (Å²) >= 11 is 2.96. The molecule has 0 unspecified atom stereocenters. The molecule has 0 atom stereocenters. The Hall–Kier alpha value is -3.18. The fourth-order valence-corrected chi connectivity index (χ4v) is 5.81. The molecule has 11 heteroatoms. The Morgan fingerprint density at radius 3 is 2.59 bits per heavy atom. The number of anilines is 2. The van der Waals surface area contributed by atoms with E-state index in [1.165, 1.54) is 11.3 Å². The number of aryl methyl sites for hydroxylation is 1. The quantitative estimate of drug-likeness (QED) is 0.489. The number of piperazine rings is 1. The predicted molar refractivity (Wildman–Crippen MR) is 127 cm³/mol. The van der Waals surface area contributed by atoms with Crippen LogP contribution < -0.4 is 10.2 Å². The van der Waals surface area contributed by atoms with Crippen LogP contribution in [0.1, 0.15) is 15.6 Å². The number of oxazole rings is 1. The molecule has 32 heavy (non-hydrogen) atoms. The van der Waals surface area contributed by atoms with Crippen LogP contribution in [0.2, 0.25) is 0 Å². The van der Waals surface area contributed by atoms with E-state index in [0.717, 1.165) is 27.8 Å². The number of benzene rings is 1. The van der Waals surface area contributed by atoms with Crippen LogP contribution in [0.5, 0.6) is 0 Å². The number of urea groups is 1. The second kappa shape index (κ2) is 8.06. The van der Waals surface area contributed by atoms with Crippen LogP contribution in [0.4, 0.5) is 15.6 Å². The molecular weight excluding hydrogens is 448 g/mol. The first-order valence-corrected chi connectivity index (χ1v) is 11.8. The molecule has 3 aromatic heterocycles. The molecular formula is C21H22N6O3S2. The summed E-state index contributed by atoms with van der Waals surface area (Å²) < 4.78 is 6.47. The first-order chi connectivity index (χ1) is 15.4. The highest BCUT2D eigenvalue weighted by Crippen LogP contribution is 2.35. The summed E-state index contributed by atoms with van der Waals surface area (Å²) in [5.74, 6) is 0.423. The molecule has 3 amide bonds. The Morgan fingerprint density at radius 2 is 1.88 bits per heavy atom. The van der Waals surface area contributed by atoms with Crippen molar-refractivity contribution in [3.8, 4) is 0 Å². The van der Waals surface area contributed by atoms with Gasteiger partial charge in [0.1, 0.15) is 10.3 Å². The van der Waals surface area contributed by atoms with E-state index in [1.54, 1.807) is 55.5 Å². The minimum absolute atomic E-state index is 0.0401. The maximum absolute atomic E-state index is 12.7. The zero-order chi connectivity index (χ0) is 22.4. The largest absolute Gasteiger partial charge is 0.441 e. The first kappa shape index (κ1) is 20.7. The van der Waals surface area contributed by atoms with Crippen molar-refractivity contribution in [1.29, 1.82) is 0 Å². The van der Waals surface area contributed by atoms with Gasteiger partial charge in [0, 0.05) is 52.9 Å². The van der Waals surface area contributed by atoms with Crippen molar-refractivity contribution in [3.05, 3.63) is 35.0 Å². The number of nitrogens with zero attached hydrogens (tertiary/aromatic N) is 5. The predicted octanol–water partition coefficient (Wildman–Crippen LogP) is 3.86. The third-order valence-corrected chi connectivity index (χ3v) is 7.48. The standard InChI is InChI=1S/C21H22N6O3S2/c1-12-22-14-10-13(4-5-15(14)30-12)23-18(28)16-11-17-19(31-16)24-20(32-17)26-6-8-27(9-7-26)21(29)25(2)3/h4-5,10-11H,6-9H2,1-3H3,(H,23,28). The van der Waals surface area contributed by atoms with Crippen molar-refractivity contribution >= 4 is 66.1 Å². The van der Waals surface area contributed by atoms with Gasteiger partial charge < -0.3 is 24.4 Å². The molecule has 1 aromatic carbocycles. The topological polar surface area (TPSA) is 94.8 Å².